The SMILES string of the molecule is COC(=O)[C@]1(C)CCN(Cc2cn(C)nc2-c2ccccc2)C1. The van der Waals surface area contributed by atoms with E-state index in [-0.39, 0.29) is 5.97 Å². The number of hydrogen-bond acceptors (Lipinski definition) is 4. The number of methoxy groups -OCH3 is 1. The van der Waals surface area contributed by atoms with Crippen molar-refractivity contribution in [3.05, 3.63) is 42.1 Å². The van der Waals surface area contributed by atoms with E-state index in [1.54, 1.807) is 0 Å². The van der Waals surface area contributed by atoms with E-state index in [1.165, 1.54) is 12.7 Å². The van der Waals surface area contributed by atoms with Gasteiger partial charge in [0.05, 0.1) is 18.2 Å². The van der Waals surface area contributed by atoms with E-state index in [1.807, 2.05) is 36.9 Å². The first kappa shape index (κ1) is 15.7. The average molecular weight is 313 g/mol. The van der Waals surface area contributed by atoms with Crippen molar-refractivity contribution < 1.29 is 9.53 Å². The minimum absolute atomic E-state index is 0.116. The minimum atomic E-state index is -0.399. The molecule has 5 heteroatoms. The molecular weight excluding hydrogens is 290 g/mol. The summed E-state index contributed by atoms with van der Waals surface area (Å²) in [5, 5.41) is 4.61. The molecule has 0 spiro atoms. The number of nitrogens with zero attached hydrogens (tertiary/aromatic N) is 3. The number of aromatic nitrogens is 2. The average Bonchev–Trinajstić information content (AvgIpc) is 3.11. The molecule has 1 fully saturated rings. The Labute approximate surface area is 136 Å². The van der Waals surface area contributed by atoms with Gasteiger partial charge in [0, 0.05) is 37.5 Å². The highest BCUT2D eigenvalue weighted by atomic mass is 16.5. The van der Waals surface area contributed by atoms with E-state index in [0.717, 1.165) is 37.3 Å². The van der Waals surface area contributed by atoms with Gasteiger partial charge in [0.25, 0.3) is 0 Å². The molecule has 0 bridgehead atoms. The van der Waals surface area contributed by atoms with E-state index in [9.17, 15) is 4.79 Å². The van der Waals surface area contributed by atoms with Crippen LogP contribution in [0.5, 0.6) is 0 Å². The highest BCUT2D eigenvalue weighted by molar-refractivity contribution is 5.77. The Balaban J connectivity index is 1.79. The first-order valence-corrected chi connectivity index (χ1v) is 7.90. The van der Waals surface area contributed by atoms with Crippen molar-refractivity contribution in [1.29, 1.82) is 0 Å². The summed E-state index contributed by atoms with van der Waals surface area (Å²) in [6, 6.07) is 10.2. The molecule has 0 N–H and O–H groups in total. The summed E-state index contributed by atoms with van der Waals surface area (Å²) in [6.45, 7) is 4.41. The first-order chi connectivity index (χ1) is 11.0. The molecule has 0 unspecified atom stereocenters. The summed E-state index contributed by atoms with van der Waals surface area (Å²) in [6.07, 6.45) is 2.90. The lowest BCUT2D eigenvalue weighted by Gasteiger charge is -2.21. The maximum absolute atomic E-state index is 12.0. The molecule has 1 aromatic heterocycles. The second-order valence-corrected chi connectivity index (χ2v) is 6.56. The summed E-state index contributed by atoms with van der Waals surface area (Å²) in [5.74, 6) is -0.116. The Morgan fingerprint density at radius 2 is 2.09 bits per heavy atom. The number of carbonyl (C=O) groups excluding carboxylic acids is 1. The van der Waals surface area contributed by atoms with Crippen molar-refractivity contribution in [2.75, 3.05) is 20.2 Å². The largest absolute Gasteiger partial charge is 0.469 e. The number of likely N-dealkylation sites (tertiary alicyclic amines) is 1. The zero-order chi connectivity index (χ0) is 16.4. The van der Waals surface area contributed by atoms with Crippen LogP contribution in [0.4, 0.5) is 0 Å². The number of aryl methyl sites for hydroxylation is 1. The predicted octanol–water partition coefficient (Wildman–Crippen LogP) is 2.47. The molecular formula is C18H23N3O2. The summed E-state index contributed by atoms with van der Waals surface area (Å²) < 4.78 is 6.81. The lowest BCUT2D eigenvalue weighted by atomic mass is 9.90. The van der Waals surface area contributed by atoms with Crippen molar-refractivity contribution in [2.45, 2.75) is 19.9 Å². The van der Waals surface area contributed by atoms with Gasteiger partial charge in [-0.1, -0.05) is 30.3 Å². The van der Waals surface area contributed by atoms with Crippen LogP contribution in [0.3, 0.4) is 0 Å². The topological polar surface area (TPSA) is 47.4 Å². The molecule has 1 aromatic carbocycles. The predicted molar refractivity (Wildman–Crippen MR) is 88.7 cm³/mol. The minimum Gasteiger partial charge on any atom is -0.469 e. The van der Waals surface area contributed by atoms with E-state index >= 15 is 0 Å². The van der Waals surface area contributed by atoms with Crippen molar-refractivity contribution in [1.82, 2.24) is 14.7 Å². The van der Waals surface area contributed by atoms with E-state index in [0.29, 0.717) is 0 Å². The van der Waals surface area contributed by atoms with Gasteiger partial charge >= 0.3 is 5.97 Å². The Morgan fingerprint density at radius 1 is 1.35 bits per heavy atom. The van der Waals surface area contributed by atoms with Crippen molar-refractivity contribution >= 4 is 5.97 Å². The number of ether oxygens (including phenoxy) is 1. The quantitative estimate of drug-likeness (QED) is 0.814. The van der Waals surface area contributed by atoms with Gasteiger partial charge in [0.2, 0.25) is 0 Å². The Morgan fingerprint density at radius 3 is 2.78 bits per heavy atom. The zero-order valence-electron chi connectivity index (χ0n) is 14.0. The van der Waals surface area contributed by atoms with Crippen LogP contribution < -0.4 is 0 Å². The van der Waals surface area contributed by atoms with Gasteiger partial charge in [-0.05, 0) is 19.9 Å². The fraction of sp³-hybridized carbons (Fsp3) is 0.444. The van der Waals surface area contributed by atoms with Gasteiger partial charge in [0.15, 0.2) is 0 Å². The number of benzene rings is 1. The molecule has 122 valence electrons. The first-order valence-electron chi connectivity index (χ1n) is 7.90. The maximum Gasteiger partial charge on any atom is 0.312 e. The normalized spacial score (nSPS) is 21.5. The number of carbonyl (C=O) groups is 1. The van der Waals surface area contributed by atoms with Crippen LogP contribution in [-0.2, 0) is 23.1 Å². The Kier molecular flexibility index (Phi) is 4.22. The van der Waals surface area contributed by atoms with Crippen LogP contribution in [0.15, 0.2) is 36.5 Å². The maximum atomic E-state index is 12.0. The van der Waals surface area contributed by atoms with Crippen LogP contribution in [0.2, 0.25) is 0 Å². The van der Waals surface area contributed by atoms with Gasteiger partial charge in [-0.3, -0.25) is 14.4 Å². The molecule has 1 aliphatic rings. The summed E-state index contributed by atoms with van der Waals surface area (Å²) >= 11 is 0. The molecule has 0 radical (unpaired) electrons. The van der Waals surface area contributed by atoms with Crippen molar-refractivity contribution in [3.8, 4) is 11.3 Å². The van der Waals surface area contributed by atoms with Crippen LogP contribution >= 0.6 is 0 Å². The Bertz CT molecular complexity index is 696. The second-order valence-electron chi connectivity index (χ2n) is 6.56. The number of hydrogen-bond donors (Lipinski definition) is 0. The summed E-state index contributed by atoms with van der Waals surface area (Å²) in [7, 11) is 3.41. The van der Waals surface area contributed by atoms with Crippen LogP contribution in [-0.4, -0.2) is 40.8 Å². The standard InChI is InChI=1S/C18H23N3O2/c1-18(17(22)23-3)9-10-21(13-18)12-15-11-20(2)19-16(15)14-7-5-4-6-8-14/h4-8,11H,9-10,12-13H2,1-3H3/t18-/m1/s1. The van der Waals surface area contributed by atoms with E-state index in [4.69, 9.17) is 4.74 Å². The highest BCUT2D eigenvalue weighted by Gasteiger charge is 2.41. The Hall–Kier alpha value is -2.14. The van der Waals surface area contributed by atoms with E-state index < -0.39 is 5.41 Å². The summed E-state index contributed by atoms with van der Waals surface area (Å²) in [5.41, 5.74) is 2.93. The molecule has 0 aliphatic carbocycles. The summed E-state index contributed by atoms with van der Waals surface area (Å²) in [4.78, 5) is 14.3. The third-order valence-electron chi connectivity index (χ3n) is 4.58. The molecule has 2 heterocycles. The van der Waals surface area contributed by atoms with Gasteiger partial charge in [-0.15, -0.1) is 0 Å². The van der Waals surface area contributed by atoms with Gasteiger partial charge in [0.1, 0.15) is 0 Å². The molecule has 3 rings (SSSR count). The fourth-order valence-electron chi connectivity index (χ4n) is 3.34. The molecule has 1 aliphatic heterocycles. The van der Waals surface area contributed by atoms with Crippen molar-refractivity contribution in [2.24, 2.45) is 12.5 Å². The molecule has 1 atom stereocenters. The van der Waals surface area contributed by atoms with Crippen LogP contribution in [0.25, 0.3) is 11.3 Å². The fourth-order valence-corrected chi connectivity index (χ4v) is 3.34. The monoisotopic (exact) mass is 313 g/mol. The van der Waals surface area contributed by atoms with Gasteiger partial charge in [-0.25, -0.2) is 0 Å². The van der Waals surface area contributed by atoms with Crippen molar-refractivity contribution in [3.63, 3.8) is 0 Å². The van der Waals surface area contributed by atoms with Gasteiger partial charge in [-0.2, -0.15) is 5.10 Å². The van der Waals surface area contributed by atoms with E-state index in [2.05, 4.69) is 28.3 Å². The number of rotatable bonds is 4. The van der Waals surface area contributed by atoms with Crippen LogP contribution in [0, 0.1) is 5.41 Å². The lowest BCUT2D eigenvalue weighted by Crippen LogP contribution is -2.32. The molecule has 0 saturated carbocycles. The lowest BCUT2D eigenvalue weighted by molar-refractivity contribution is -0.151. The molecule has 5 nitrogen and oxygen atoms in total. The molecule has 1 saturated heterocycles. The highest BCUT2D eigenvalue weighted by Crippen LogP contribution is 2.33. The molecule has 23 heavy (non-hydrogen) atoms. The smallest absolute Gasteiger partial charge is 0.312 e. The third-order valence-corrected chi connectivity index (χ3v) is 4.58. The second kappa shape index (κ2) is 6.16. The number of esters is 1. The molecule has 0 amide bonds. The third kappa shape index (κ3) is 3.15. The van der Waals surface area contributed by atoms with Crippen LogP contribution in [0.1, 0.15) is 18.9 Å². The van der Waals surface area contributed by atoms with Gasteiger partial charge < -0.3 is 4.74 Å². The zero-order valence-corrected chi connectivity index (χ0v) is 14.0. The molecule has 2 aromatic rings.